The molecule has 0 bridgehead atoms. The molecule has 1 heterocycles. The van der Waals surface area contributed by atoms with Crippen LogP contribution in [0, 0.1) is 5.92 Å². The zero-order valence-electron chi connectivity index (χ0n) is 12.6. The molecule has 1 aromatic rings. The van der Waals surface area contributed by atoms with Gasteiger partial charge in [0, 0.05) is 36.8 Å². The largest absolute Gasteiger partial charge is 0.496 e. The molecular formula is C16H24N2O2. The molecular weight excluding hydrogens is 252 g/mol. The Morgan fingerprint density at radius 3 is 2.80 bits per heavy atom. The van der Waals surface area contributed by atoms with Crippen LogP contribution in [0.4, 0.5) is 0 Å². The van der Waals surface area contributed by atoms with E-state index in [1.54, 1.807) is 14.0 Å². The Labute approximate surface area is 120 Å². The number of benzene rings is 1. The predicted octanol–water partition coefficient (Wildman–Crippen LogP) is 2.07. The van der Waals surface area contributed by atoms with E-state index < -0.39 is 0 Å². The molecule has 1 aliphatic rings. The molecule has 1 fully saturated rings. The summed E-state index contributed by atoms with van der Waals surface area (Å²) in [7, 11) is 1.66. The number of nitrogens with zero attached hydrogens (tertiary/aromatic N) is 1. The van der Waals surface area contributed by atoms with Crippen LogP contribution in [0.3, 0.4) is 0 Å². The molecule has 4 heteroatoms. The number of ketones is 1. The number of rotatable bonds is 4. The van der Waals surface area contributed by atoms with Gasteiger partial charge in [0.1, 0.15) is 5.75 Å². The van der Waals surface area contributed by atoms with Gasteiger partial charge in [-0.25, -0.2) is 0 Å². The third kappa shape index (κ3) is 3.58. The number of methoxy groups -OCH3 is 1. The standard InChI is InChI=1S/C16H24N2O2/c1-11-6-15(17)10-18(8-11)9-14-7-13(12(2)19)4-5-16(14)20-3/h4-5,7,11,15H,6,8-10,17H2,1-3H3. The Balaban J connectivity index is 2.18. The first-order valence-electron chi connectivity index (χ1n) is 7.15. The van der Waals surface area contributed by atoms with E-state index in [0.29, 0.717) is 5.92 Å². The SMILES string of the molecule is COc1ccc(C(C)=O)cc1CN1CC(C)CC(N)C1. The molecule has 2 unspecified atom stereocenters. The van der Waals surface area contributed by atoms with Crippen LogP contribution in [-0.2, 0) is 6.54 Å². The highest BCUT2D eigenvalue weighted by molar-refractivity contribution is 5.94. The van der Waals surface area contributed by atoms with Crippen molar-refractivity contribution in [1.29, 1.82) is 0 Å². The number of Topliss-reactive ketones (excluding diaryl/α,β-unsaturated/α-hetero) is 1. The molecule has 20 heavy (non-hydrogen) atoms. The van der Waals surface area contributed by atoms with Gasteiger partial charge in [-0.3, -0.25) is 9.69 Å². The van der Waals surface area contributed by atoms with Crippen LogP contribution in [0.25, 0.3) is 0 Å². The van der Waals surface area contributed by atoms with Crippen molar-refractivity contribution in [3.63, 3.8) is 0 Å². The van der Waals surface area contributed by atoms with Gasteiger partial charge in [-0.15, -0.1) is 0 Å². The molecule has 2 rings (SSSR count). The number of ether oxygens (including phenoxy) is 1. The third-order valence-electron chi connectivity index (χ3n) is 3.85. The van der Waals surface area contributed by atoms with Gasteiger partial charge in [-0.05, 0) is 37.5 Å². The molecule has 1 saturated heterocycles. The smallest absolute Gasteiger partial charge is 0.159 e. The number of hydrogen-bond acceptors (Lipinski definition) is 4. The molecule has 110 valence electrons. The van der Waals surface area contributed by atoms with Crippen molar-refractivity contribution in [2.45, 2.75) is 32.9 Å². The van der Waals surface area contributed by atoms with E-state index in [0.717, 1.165) is 42.9 Å². The summed E-state index contributed by atoms with van der Waals surface area (Å²) in [6, 6.07) is 5.86. The van der Waals surface area contributed by atoms with E-state index in [-0.39, 0.29) is 11.8 Å². The molecule has 2 atom stereocenters. The van der Waals surface area contributed by atoms with Crippen LogP contribution in [0.15, 0.2) is 18.2 Å². The second kappa shape index (κ2) is 6.37. The number of hydrogen-bond donors (Lipinski definition) is 1. The maximum atomic E-state index is 11.5. The fraction of sp³-hybridized carbons (Fsp3) is 0.562. The monoisotopic (exact) mass is 276 g/mol. The van der Waals surface area contributed by atoms with Crippen molar-refractivity contribution in [2.75, 3.05) is 20.2 Å². The van der Waals surface area contributed by atoms with Crippen molar-refractivity contribution in [3.8, 4) is 5.75 Å². The normalized spacial score (nSPS) is 23.6. The van der Waals surface area contributed by atoms with Gasteiger partial charge in [-0.2, -0.15) is 0 Å². The van der Waals surface area contributed by atoms with Crippen LogP contribution in [0.2, 0.25) is 0 Å². The second-order valence-electron chi connectivity index (χ2n) is 5.88. The predicted molar refractivity (Wildman–Crippen MR) is 80.0 cm³/mol. The number of carbonyl (C=O) groups is 1. The lowest BCUT2D eigenvalue weighted by Crippen LogP contribution is -2.45. The molecule has 1 aromatic carbocycles. The van der Waals surface area contributed by atoms with Gasteiger partial charge in [0.25, 0.3) is 0 Å². The highest BCUT2D eigenvalue weighted by atomic mass is 16.5. The van der Waals surface area contributed by atoms with Crippen molar-refractivity contribution < 1.29 is 9.53 Å². The molecule has 0 aliphatic carbocycles. The highest BCUT2D eigenvalue weighted by Crippen LogP contribution is 2.24. The Morgan fingerprint density at radius 2 is 2.20 bits per heavy atom. The van der Waals surface area contributed by atoms with Gasteiger partial charge < -0.3 is 10.5 Å². The van der Waals surface area contributed by atoms with E-state index in [2.05, 4.69) is 11.8 Å². The van der Waals surface area contributed by atoms with Crippen molar-refractivity contribution in [1.82, 2.24) is 4.90 Å². The first kappa shape index (κ1) is 15.0. The van der Waals surface area contributed by atoms with E-state index in [1.807, 2.05) is 18.2 Å². The van der Waals surface area contributed by atoms with E-state index in [1.165, 1.54) is 0 Å². The maximum absolute atomic E-state index is 11.5. The average Bonchev–Trinajstić information content (AvgIpc) is 2.37. The molecule has 2 N–H and O–H groups in total. The molecule has 0 saturated carbocycles. The topological polar surface area (TPSA) is 55.6 Å². The van der Waals surface area contributed by atoms with Crippen LogP contribution in [-0.4, -0.2) is 36.9 Å². The minimum absolute atomic E-state index is 0.0811. The zero-order valence-corrected chi connectivity index (χ0v) is 12.6. The van der Waals surface area contributed by atoms with Crippen molar-refractivity contribution in [2.24, 2.45) is 11.7 Å². The second-order valence-corrected chi connectivity index (χ2v) is 5.88. The maximum Gasteiger partial charge on any atom is 0.159 e. The number of carbonyl (C=O) groups excluding carboxylic acids is 1. The van der Waals surface area contributed by atoms with E-state index >= 15 is 0 Å². The van der Waals surface area contributed by atoms with Crippen molar-refractivity contribution >= 4 is 5.78 Å². The number of piperidine rings is 1. The summed E-state index contributed by atoms with van der Waals surface area (Å²) >= 11 is 0. The molecule has 0 spiro atoms. The summed E-state index contributed by atoms with van der Waals surface area (Å²) in [4.78, 5) is 13.9. The van der Waals surface area contributed by atoms with Crippen LogP contribution in [0.1, 0.15) is 36.2 Å². The van der Waals surface area contributed by atoms with Crippen LogP contribution in [0.5, 0.6) is 5.75 Å². The van der Waals surface area contributed by atoms with E-state index in [9.17, 15) is 4.79 Å². The first-order chi connectivity index (χ1) is 9.49. The lowest BCUT2D eigenvalue weighted by molar-refractivity contribution is 0.101. The zero-order chi connectivity index (χ0) is 14.7. The number of nitrogens with two attached hydrogens (primary N) is 1. The van der Waals surface area contributed by atoms with Crippen LogP contribution >= 0.6 is 0 Å². The highest BCUT2D eigenvalue weighted by Gasteiger charge is 2.23. The summed E-state index contributed by atoms with van der Waals surface area (Å²) in [5.74, 6) is 1.53. The average molecular weight is 276 g/mol. The van der Waals surface area contributed by atoms with E-state index in [4.69, 9.17) is 10.5 Å². The fourth-order valence-corrected chi connectivity index (χ4v) is 3.00. The molecule has 0 aromatic heterocycles. The lowest BCUT2D eigenvalue weighted by atomic mass is 9.96. The lowest BCUT2D eigenvalue weighted by Gasteiger charge is -2.35. The Bertz CT molecular complexity index is 477. The summed E-state index contributed by atoms with van der Waals surface area (Å²) in [5.41, 5.74) is 7.88. The minimum Gasteiger partial charge on any atom is -0.496 e. The molecule has 4 nitrogen and oxygen atoms in total. The van der Waals surface area contributed by atoms with Crippen molar-refractivity contribution in [3.05, 3.63) is 29.3 Å². The Hall–Kier alpha value is -1.39. The van der Waals surface area contributed by atoms with Gasteiger partial charge in [-0.1, -0.05) is 6.92 Å². The van der Waals surface area contributed by atoms with Crippen LogP contribution < -0.4 is 10.5 Å². The summed E-state index contributed by atoms with van der Waals surface area (Å²) < 4.78 is 5.41. The summed E-state index contributed by atoms with van der Waals surface area (Å²) in [6.45, 7) is 6.54. The fourth-order valence-electron chi connectivity index (χ4n) is 3.00. The third-order valence-corrected chi connectivity index (χ3v) is 3.85. The van der Waals surface area contributed by atoms with Gasteiger partial charge in [0.05, 0.1) is 7.11 Å². The number of likely N-dealkylation sites (tertiary alicyclic amines) is 1. The van der Waals surface area contributed by atoms with Gasteiger partial charge in [0.2, 0.25) is 0 Å². The summed E-state index contributed by atoms with van der Waals surface area (Å²) in [6.07, 6.45) is 1.08. The molecule has 1 aliphatic heterocycles. The Kier molecular flexibility index (Phi) is 4.78. The van der Waals surface area contributed by atoms with Gasteiger partial charge >= 0.3 is 0 Å². The summed E-state index contributed by atoms with van der Waals surface area (Å²) in [5, 5.41) is 0. The Morgan fingerprint density at radius 1 is 1.45 bits per heavy atom. The first-order valence-corrected chi connectivity index (χ1v) is 7.15. The molecule has 0 radical (unpaired) electrons. The quantitative estimate of drug-likeness (QED) is 0.855. The van der Waals surface area contributed by atoms with Gasteiger partial charge in [0.15, 0.2) is 5.78 Å². The molecule has 0 amide bonds. The minimum atomic E-state index is 0.0811.